The van der Waals surface area contributed by atoms with Crippen molar-refractivity contribution in [1.82, 2.24) is 4.90 Å². The summed E-state index contributed by atoms with van der Waals surface area (Å²) in [5.41, 5.74) is 0.762. The predicted octanol–water partition coefficient (Wildman–Crippen LogP) is 3.30. The predicted molar refractivity (Wildman–Crippen MR) is 85.6 cm³/mol. The first-order valence-corrected chi connectivity index (χ1v) is 7.86. The number of rotatable bonds is 4. The molecule has 1 saturated heterocycles. The minimum absolute atomic E-state index is 0.0868. The van der Waals surface area contributed by atoms with E-state index in [0.717, 1.165) is 19.1 Å². The van der Waals surface area contributed by atoms with Gasteiger partial charge in [-0.2, -0.15) is 0 Å². The fraction of sp³-hybridized carbons (Fsp3) is 0.556. The van der Waals surface area contributed by atoms with Crippen LogP contribution in [0.5, 0.6) is 0 Å². The fourth-order valence-corrected chi connectivity index (χ4v) is 2.83. The van der Waals surface area contributed by atoms with E-state index in [1.807, 2.05) is 39.0 Å². The topological polar surface area (TPSA) is 46.6 Å². The van der Waals surface area contributed by atoms with Crippen molar-refractivity contribution in [3.05, 3.63) is 35.9 Å². The molecule has 0 radical (unpaired) electrons. The monoisotopic (exact) mass is 303 g/mol. The summed E-state index contributed by atoms with van der Waals surface area (Å²) in [6.45, 7) is 6.63. The van der Waals surface area contributed by atoms with Gasteiger partial charge in [0, 0.05) is 19.0 Å². The van der Waals surface area contributed by atoms with Crippen LogP contribution in [0.25, 0.3) is 0 Å². The summed E-state index contributed by atoms with van der Waals surface area (Å²) in [6.07, 6.45) is 2.51. The van der Waals surface area contributed by atoms with Gasteiger partial charge in [-0.05, 0) is 45.1 Å². The lowest BCUT2D eigenvalue weighted by Gasteiger charge is -2.24. The Hall–Kier alpha value is -1.84. The second kappa shape index (κ2) is 6.95. The molecule has 2 atom stereocenters. The number of likely N-dealkylation sites (tertiary alicyclic amines) is 1. The van der Waals surface area contributed by atoms with E-state index in [1.54, 1.807) is 4.90 Å². The SMILES string of the molecule is CC(C)(C)OC(=O)N1CC(C=O)[C@@H](CCc2ccccc2)C1. The molecule has 0 N–H and O–H groups in total. The summed E-state index contributed by atoms with van der Waals surface area (Å²) in [4.78, 5) is 25.1. The van der Waals surface area contributed by atoms with Gasteiger partial charge in [0.25, 0.3) is 0 Å². The van der Waals surface area contributed by atoms with Gasteiger partial charge in [-0.25, -0.2) is 4.79 Å². The number of carbonyl (C=O) groups excluding carboxylic acids is 2. The lowest BCUT2D eigenvalue weighted by molar-refractivity contribution is -0.111. The van der Waals surface area contributed by atoms with Crippen LogP contribution in [0.3, 0.4) is 0 Å². The second-order valence-corrected chi connectivity index (χ2v) is 6.97. The Balaban J connectivity index is 1.92. The van der Waals surface area contributed by atoms with Gasteiger partial charge >= 0.3 is 6.09 Å². The summed E-state index contributed by atoms with van der Waals surface area (Å²) in [5, 5.41) is 0. The number of hydrogen-bond donors (Lipinski definition) is 0. The van der Waals surface area contributed by atoms with Crippen LogP contribution in [0, 0.1) is 11.8 Å². The molecule has 1 aromatic rings. The molecule has 0 spiro atoms. The Kier molecular flexibility index (Phi) is 5.22. The molecule has 22 heavy (non-hydrogen) atoms. The van der Waals surface area contributed by atoms with Crippen LogP contribution in [0.15, 0.2) is 30.3 Å². The number of benzene rings is 1. The van der Waals surface area contributed by atoms with Crippen molar-refractivity contribution in [2.24, 2.45) is 11.8 Å². The van der Waals surface area contributed by atoms with Gasteiger partial charge in [-0.1, -0.05) is 30.3 Å². The minimum Gasteiger partial charge on any atom is -0.444 e. The third kappa shape index (κ3) is 4.58. The molecule has 0 bridgehead atoms. The zero-order valence-corrected chi connectivity index (χ0v) is 13.6. The Labute approximate surface area is 132 Å². The first-order valence-electron chi connectivity index (χ1n) is 7.86. The molecule has 4 heteroatoms. The van der Waals surface area contributed by atoms with Crippen LogP contribution in [0.2, 0.25) is 0 Å². The number of aryl methyl sites for hydroxylation is 1. The molecule has 0 saturated carbocycles. The molecule has 1 unspecified atom stereocenters. The highest BCUT2D eigenvalue weighted by Crippen LogP contribution is 2.27. The largest absolute Gasteiger partial charge is 0.444 e. The summed E-state index contributed by atoms with van der Waals surface area (Å²) < 4.78 is 5.40. The molecule has 1 aliphatic rings. The van der Waals surface area contributed by atoms with E-state index in [0.29, 0.717) is 13.1 Å². The van der Waals surface area contributed by atoms with Crippen LogP contribution in [-0.2, 0) is 16.0 Å². The summed E-state index contributed by atoms with van der Waals surface area (Å²) in [6, 6.07) is 10.2. The molecule has 0 aromatic heterocycles. The lowest BCUT2D eigenvalue weighted by atomic mass is 9.91. The molecular weight excluding hydrogens is 278 g/mol. The van der Waals surface area contributed by atoms with E-state index in [-0.39, 0.29) is 17.9 Å². The maximum atomic E-state index is 12.1. The maximum absolute atomic E-state index is 12.1. The number of carbonyl (C=O) groups is 2. The zero-order chi connectivity index (χ0) is 16.2. The van der Waals surface area contributed by atoms with Crippen molar-refractivity contribution in [2.45, 2.75) is 39.2 Å². The third-order valence-electron chi connectivity index (χ3n) is 3.96. The molecule has 120 valence electrons. The van der Waals surface area contributed by atoms with E-state index in [4.69, 9.17) is 4.74 Å². The highest BCUT2D eigenvalue weighted by molar-refractivity contribution is 5.70. The Morgan fingerprint density at radius 3 is 2.55 bits per heavy atom. The van der Waals surface area contributed by atoms with Gasteiger partial charge in [0.15, 0.2) is 0 Å². The maximum Gasteiger partial charge on any atom is 0.410 e. The molecule has 4 nitrogen and oxygen atoms in total. The van der Waals surface area contributed by atoms with Crippen molar-refractivity contribution >= 4 is 12.4 Å². The molecule has 1 aromatic carbocycles. The normalized spacial score (nSPS) is 21.7. The van der Waals surface area contributed by atoms with Gasteiger partial charge < -0.3 is 14.4 Å². The first kappa shape index (κ1) is 16.5. The van der Waals surface area contributed by atoms with Crippen LogP contribution < -0.4 is 0 Å². The van der Waals surface area contributed by atoms with E-state index < -0.39 is 5.60 Å². The fourth-order valence-electron chi connectivity index (χ4n) is 2.83. The molecule has 1 aliphatic heterocycles. The molecule has 1 heterocycles. The zero-order valence-electron chi connectivity index (χ0n) is 13.6. The number of amides is 1. The summed E-state index contributed by atoms with van der Waals surface area (Å²) in [5.74, 6) is 0.126. The van der Waals surface area contributed by atoms with Gasteiger partial charge in [0.05, 0.1) is 0 Å². The van der Waals surface area contributed by atoms with E-state index in [2.05, 4.69) is 12.1 Å². The number of hydrogen-bond acceptors (Lipinski definition) is 3. The van der Waals surface area contributed by atoms with E-state index in [1.165, 1.54) is 5.56 Å². The van der Waals surface area contributed by atoms with Crippen LogP contribution in [-0.4, -0.2) is 36.0 Å². The molecule has 2 rings (SSSR count). The molecule has 1 amide bonds. The highest BCUT2D eigenvalue weighted by Gasteiger charge is 2.36. The van der Waals surface area contributed by atoms with Crippen LogP contribution in [0.1, 0.15) is 32.8 Å². The van der Waals surface area contributed by atoms with Crippen molar-refractivity contribution in [3.8, 4) is 0 Å². The lowest BCUT2D eigenvalue weighted by Crippen LogP contribution is -2.35. The number of nitrogens with zero attached hydrogens (tertiary/aromatic N) is 1. The van der Waals surface area contributed by atoms with Crippen molar-refractivity contribution in [3.63, 3.8) is 0 Å². The second-order valence-electron chi connectivity index (χ2n) is 6.97. The molecular formula is C18H25NO3. The molecule has 1 fully saturated rings. The van der Waals surface area contributed by atoms with Crippen molar-refractivity contribution in [1.29, 1.82) is 0 Å². The Bertz CT molecular complexity index is 507. The van der Waals surface area contributed by atoms with Gasteiger partial charge in [-0.15, -0.1) is 0 Å². The number of aldehydes is 1. The van der Waals surface area contributed by atoms with Crippen molar-refractivity contribution in [2.75, 3.05) is 13.1 Å². The summed E-state index contributed by atoms with van der Waals surface area (Å²) >= 11 is 0. The van der Waals surface area contributed by atoms with Gasteiger partial charge in [0.2, 0.25) is 0 Å². The smallest absolute Gasteiger partial charge is 0.410 e. The quantitative estimate of drug-likeness (QED) is 0.802. The van der Waals surface area contributed by atoms with Crippen LogP contribution in [0.4, 0.5) is 4.79 Å². The summed E-state index contributed by atoms with van der Waals surface area (Å²) in [7, 11) is 0. The van der Waals surface area contributed by atoms with Crippen molar-refractivity contribution < 1.29 is 14.3 Å². The molecule has 0 aliphatic carbocycles. The average molecular weight is 303 g/mol. The van der Waals surface area contributed by atoms with Gasteiger partial charge in [0.1, 0.15) is 11.9 Å². The van der Waals surface area contributed by atoms with E-state index in [9.17, 15) is 9.59 Å². The Morgan fingerprint density at radius 1 is 1.27 bits per heavy atom. The minimum atomic E-state index is -0.504. The average Bonchev–Trinajstić information content (AvgIpc) is 2.88. The highest BCUT2D eigenvalue weighted by atomic mass is 16.6. The number of ether oxygens (including phenoxy) is 1. The standard InChI is InChI=1S/C18H25NO3/c1-18(2,3)22-17(21)19-11-15(16(12-19)13-20)10-9-14-7-5-4-6-8-14/h4-8,13,15-16H,9-12H2,1-3H3/t15-,16?/m0/s1. The Morgan fingerprint density at radius 2 is 1.95 bits per heavy atom. The van der Waals surface area contributed by atoms with E-state index >= 15 is 0 Å². The third-order valence-corrected chi connectivity index (χ3v) is 3.96. The first-order chi connectivity index (χ1) is 10.4. The van der Waals surface area contributed by atoms with Crippen LogP contribution >= 0.6 is 0 Å². The van der Waals surface area contributed by atoms with Gasteiger partial charge in [-0.3, -0.25) is 0 Å².